The van der Waals surface area contributed by atoms with E-state index < -0.39 is 18.6 Å². The van der Waals surface area contributed by atoms with Crippen LogP contribution in [0.25, 0.3) is 0 Å². The van der Waals surface area contributed by atoms with Crippen LogP contribution in [0, 0.1) is 0 Å². The molecule has 0 spiro atoms. The third-order valence-corrected chi connectivity index (χ3v) is 2.56. The Morgan fingerprint density at radius 3 is 2.12 bits per heavy atom. The van der Waals surface area contributed by atoms with Crippen molar-refractivity contribution in [3.8, 4) is 0 Å². The van der Waals surface area contributed by atoms with E-state index in [4.69, 9.17) is 0 Å². The average Bonchev–Trinajstić information content (AvgIpc) is 2.13. The van der Waals surface area contributed by atoms with Crippen LogP contribution in [-0.2, 0) is 0 Å². The van der Waals surface area contributed by atoms with Crippen LogP contribution in [0.4, 0.5) is 13.2 Å². The smallest absolute Gasteiger partial charge is 0.314 e. The molecule has 0 aliphatic carbocycles. The Kier molecular flexibility index (Phi) is 8.71. The Morgan fingerprint density at radius 1 is 1.00 bits per heavy atom. The molecule has 98 valence electrons. The fourth-order valence-corrected chi connectivity index (χ4v) is 1.67. The summed E-state index contributed by atoms with van der Waals surface area (Å²) in [5, 5.41) is 2.91. The molecule has 0 aliphatic heterocycles. The standard InChI is InChI=1S/C12H24F3N/c1-3-4-5-6-7-8-9-16-11(2)10-12(13,14)15/h11,16H,3-10H2,1-2H3. The number of hydrogen-bond donors (Lipinski definition) is 1. The number of hydrogen-bond acceptors (Lipinski definition) is 1. The Hall–Kier alpha value is -0.250. The van der Waals surface area contributed by atoms with E-state index >= 15 is 0 Å². The Balaban J connectivity index is 3.25. The molecule has 0 aromatic rings. The highest BCUT2D eigenvalue weighted by atomic mass is 19.4. The first-order chi connectivity index (χ1) is 7.45. The van der Waals surface area contributed by atoms with Gasteiger partial charge in [0.15, 0.2) is 0 Å². The molecule has 0 bridgehead atoms. The van der Waals surface area contributed by atoms with Crippen molar-refractivity contribution in [2.45, 2.75) is 71.0 Å². The lowest BCUT2D eigenvalue weighted by Crippen LogP contribution is -2.31. The SMILES string of the molecule is CCCCCCCCNC(C)CC(F)(F)F. The highest BCUT2D eigenvalue weighted by Gasteiger charge is 2.29. The van der Waals surface area contributed by atoms with Crippen molar-refractivity contribution in [3.63, 3.8) is 0 Å². The number of unbranched alkanes of at least 4 members (excludes halogenated alkanes) is 5. The van der Waals surface area contributed by atoms with E-state index in [9.17, 15) is 13.2 Å². The summed E-state index contributed by atoms with van der Waals surface area (Å²) in [6.45, 7) is 4.45. The van der Waals surface area contributed by atoms with Crippen molar-refractivity contribution in [1.29, 1.82) is 0 Å². The van der Waals surface area contributed by atoms with Gasteiger partial charge in [-0.3, -0.25) is 0 Å². The molecule has 0 radical (unpaired) electrons. The Labute approximate surface area is 96.8 Å². The summed E-state index contributed by atoms with van der Waals surface area (Å²) in [7, 11) is 0. The molecule has 1 nitrogen and oxygen atoms in total. The predicted octanol–water partition coefficient (Wildman–Crippen LogP) is 4.28. The van der Waals surface area contributed by atoms with E-state index in [1.165, 1.54) is 25.7 Å². The van der Waals surface area contributed by atoms with Crippen LogP contribution in [0.5, 0.6) is 0 Å². The number of halogens is 3. The van der Waals surface area contributed by atoms with Crippen LogP contribution in [0.2, 0.25) is 0 Å². The number of nitrogens with one attached hydrogen (secondary N) is 1. The van der Waals surface area contributed by atoms with Crippen LogP contribution in [0.3, 0.4) is 0 Å². The monoisotopic (exact) mass is 239 g/mol. The largest absolute Gasteiger partial charge is 0.390 e. The van der Waals surface area contributed by atoms with E-state index in [0.29, 0.717) is 6.54 Å². The van der Waals surface area contributed by atoms with Crippen molar-refractivity contribution in [2.24, 2.45) is 0 Å². The summed E-state index contributed by atoms with van der Waals surface area (Å²) in [6.07, 6.45) is 2.24. The van der Waals surface area contributed by atoms with Crippen molar-refractivity contribution in [1.82, 2.24) is 5.32 Å². The minimum Gasteiger partial charge on any atom is -0.314 e. The van der Waals surface area contributed by atoms with E-state index in [2.05, 4.69) is 12.2 Å². The van der Waals surface area contributed by atoms with Gasteiger partial charge >= 0.3 is 6.18 Å². The minimum absolute atomic E-state index is 0.462. The molecule has 1 unspecified atom stereocenters. The molecule has 0 aliphatic rings. The molecule has 0 rings (SSSR count). The van der Waals surface area contributed by atoms with Gasteiger partial charge in [-0.2, -0.15) is 13.2 Å². The van der Waals surface area contributed by atoms with Gasteiger partial charge < -0.3 is 5.32 Å². The van der Waals surface area contributed by atoms with Gasteiger partial charge in [0.1, 0.15) is 0 Å². The van der Waals surface area contributed by atoms with Crippen molar-refractivity contribution < 1.29 is 13.2 Å². The summed E-state index contributed by atoms with van der Waals surface area (Å²) in [5.74, 6) is 0. The van der Waals surface area contributed by atoms with Crippen LogP contribution in [0.15, 0.2) is 0 Å². The van der Waals surface area contributed by atoms with Crippen LogP contribution < -0.4 is 5.32 Å². The van der Waals surface area contributed by atoms with Gasteiger partial charge in [0.05, 0.1) is 6.42 Å². The van der Waals surface area contributed by atoms with Gasteiger partial charge in [0.25, 0.3) is 0 Å². The summed E-state index contributed by atoms with van der Waals surface area (Å²) in [6, 6.07) is -0.462. The van der Waals surface area contributed by atoms with E-state index in [0.717, 1.165) is 12.8 Å². The lowest BCUT2D eigenvalue weighted by atomic mass is 10.1. The third kappa shape index (κ3) is 11.8. The van der Waals surface area contributed by atoms with Crippen molar-refractivity contribution in [3.05, 3.63) is 0 Å². The maximum atomic E-state index is 12.0. The quantitative estimate of drug-likeness (QED) is 0.592. The second kappa shape index (κ2) is 8.85. The maximum absolute atomic E-state index is 12.0. The molecule has 0 aromatic heterocycles. The highest BCUT2D eigenvalue weighted by molar-refractivity contribution is 4.65. The average molecular weight is 239 g/mol. The second-order valence-corrected chi connectivity index (χ2v) is 4.44. The van der Waals surface area contributed by atoms with E-state index in [1.54, 1.807) is 6.92 Å². The lowest BCUT2D eigenvalue weighted by molar-refractivity contribution is -0.139. The molecule has 0 saturated carbocycles. The summed E-state index contributed by atoms with van der Waals surface area (Å²) < 4.78 is 35.9. The summed E-state index contributed by atoms with van der Waals surface area (Å²) >= 11 is 0. The molecule has 0 heterocycles. The Bertz CT molecular complexity index is 157. The topological polar surface area (TPSA) is 12.0 Å². The molecule has 16 heavy (non-hydrogen) atoms. The normalized spacial score (nSPS) is 14.1. The second-order valence-electron chi connectivity index (χ2n) is 4.44. The molecular weight excluding hydrogens is 215 g/mol. The molecular formula is C12H24F3N. The molecule has 1 N–H and O–H groups in total. The molecule has 0 saturated heterocycles. The summed E-state index contributed by atoms with van der Waals surface area (Å²) in [5.41, 5.74) is 0. The van der Waals surface area contributed by atoms with Crippen molar-refractivity contribution >= 4 is 0 Å². The van der Waals surface area contributed by atoms with Crippen LogP contribution in [0.1, 0.15) is 58.8 Å². The fourth-order valence-electron chi connectivity index (χ4n) is 1.67. The van der Waals surface area contributed by atoms with E-state index in [-0.39, 0.29) is 0 Å². The first kappa shape index (κ1) is 15.8. The molecule has 0 fully saturated rings. The van der Waals surface area contributed by atoms with Gasteiger partial charge in [-0.05, 0) is 19.9 Å². The highest BCUT2D eigenvalue weighted by Crippen LogP contribution is 2.21. The zero-order chi connectivity index (χ0) is 12.4. The third-order valence-electron chi connectivity index (χ3n) is 2.56. The van der Waals surface area contributed by atoms with Crippen molar-refractivity contribution in [2.75, 3.05) is 6.54 Å². The van der Waals surface area contributed by atoms with Gasteiger partial charge in [-0.1, -0.05) is 39.0 Å². The van der Waals surface area contributed by atoms with E-state index in [1.807, 2.05) is 0 Å². The van der Waals surface area contributed by atoms with Crippen LogP contribution in [-0.4, -0.2) is 18.8 Å². The number of rotatable bonds is 9. The van der Waals surface area contributed by atoms with Gasteiger partial charge in [0.2, 0.25) is 0 Å². The molecule has 4 heteroatoms. The molecule has 0 aromatic carbocycles. The first-order valence-corrected chi connectivity index (χ1v) is 6.26. The zero-order valence-corrected chi connectivity index (χ0v) is 10.4. The maximum Gasteiger partial charge on any atom is 0.390 e. The minimum atomic E-state index is -4.05. The van der Waals surface area contributed by atoms with Crippen LogP contribution >= 0.6 is 0 Å². The molecule has 1 atom stereocenters. The Morgan fingerprint density at radius 2 is 1.56 bits per heavy atom. The fraction of sp³-hybridized carbons (Fsp3) is 1.00. The summed E-state index contributed by atoms with van der Waals surface area (Å²) in [4.78, 5) is 0. The first-order valence-electron chi connectivity index (χ1n) is 6.26. The number of alkyl halides is 3. The van der Waals surface area contributed by atoms with Gasteiger partial charge in [0, 0.05) is 6.04 Å². The lowest BCUT2D eigenvalue weighted by Gasteiger charge is -2.15. The van der Waals surface area contributed by atoms with Gasteiger partial charge in [-0.25, -0.2) is 0 Å². The predicted molar refractivity (Wildman–Crippen MR) is 61.5 cm³/mol. The van der Waals surface area contributed by atoms with Gasteiger partial charge in [-0.15, -0.1) is 0 Å². The molecule has 0 amide bonds. The zero-order valence-electron chi connectivity index (χ0n) is 10.4.